The van der Waals surface area contributed by atoms with Crippen molar-refractivity contribution in [1.29, 1.82) is 0 Å². The third kappa shape index (κ3) is 3.47. The molecule has 3 aromatic rings. The third-order valence-electron chi connectivity index (χ3n) is 4.82. The Kier molecular flexibility index (Phi) is 5.28. The van der Waals surface area contributed by atoms with Gasteiger partial charge in [0.25, 0.3) is 5.91 Å². The third-order valence-corrected chi connectivity index (χ3v) is 6.13. The molecule has 4 rings (SSSR count). The van der Waals surface area contributed by atoms with Crippen molar-refractivity contribution in [3.8, 4) is 11.5 Å². The fourth-order valence-corrected chi connectivity index (χ4v) is 4.64. The van der Waals surface area contributed by atoms with Crippen LogP contribution in [-0.2, 0) is 0 Å². The molecular formula is C20H20ClN3O3S. The van der Waals surface area contributed by atoms with E-state index >= 15 is 0 Å². The minimum absolute atomic E-state index is 0.0787. The molecule has 0 atom stereocenters. The number of rotatable bonds is 4. The number of carbonyl (C=O) groups is 1. The molecule has 2 heterocycles. The Morgan fingerprint density at radius 2 is 1.75 bits per heavy atom. The predicted molar refractivity (Wildman–Crippen MR) is 112 cm³/mol. The maximum atomic E-state index is 13.1. The van der Waals surface area contributed by atoms with E-state index in [0.717, 1.165) is 28.4 Å². The minimum Gasteiger partial charge on any atom is -0.496 e. The van der Waals surface area contributed by atoms with Gasteiger partial charge in [-0.25, -0.2) is 4.98 Å². The van der Waals surface area contributed by atoms with E-state index in [1.807, 2.05) is 29.2 Å². The summed E-state index contributed by atoms with van der Waals surface area (Å²) in [5.41, 5.74) is 1.41. The van der Waals surface area contributed by atoms with Gasteiger partial charge in [-0.2, -0.15) is 0 Å². The number of nitrogens with zero attached hydrogens (tertiary/aromatic N) is 3. The summed E-state index contributed by atoms with van der Waals surface area (Å²) in [6, 6.07) is 11.1. The zero-order valence-electron chi connectivity index (χ0n) is 15.6. The van der Waals surface area contributed by atoms with Crippen LogP contribution in [0.5, 0.6) is 11.5 Å². The van der Waals surface area contributed by atoms with Crippen LogP contribution in [-0.4, -0.2) is 56.2 Å². The Labute approximate surface area is 172 Å². The van der Waals surface area contributed by atoms with E-state index in [1.54, 1.807) is 37.7 Å². The van der Waals surface area contributed by atoms with Crippen LogP contribution < -0.4 is 14.4 Å². The number of hydrogen-bond donors (Lipinski definition) is 0. The number of halogens is 1. The van der Waals surface area contributed by atoms with E-state index in [4.69, 9.17) is 26.1 Å². The van der Waals surface area contributed by atoms with Gasteiger partial charge in [0.1, 0.15) is 17.1 Å². The summed E-state index contributed by atoms with van der Waals surface area (Å²) in [5, 5.41) is 1.67. The summed E-state index contributed by atoms with van der Waals surface area (Å²) in [5.74, 6) is 0.967. The number of hydrogen-bond acceptors (Lipinski definition) is 6. The number of thiazole rings is 1. The van der Waals surface area contributed by atoms with Gasteiger partial charge < -0.3 is 19.3 Å². The lowest BCUT2D eigenvalue weighted by Crippen LogP contribution is -2.48. The van der Waals surface area contributed by atoms with Gasteiger partial charge in [-0.1, -0.05) is 29.0 Å². The molecule has 146 valence electrons. The lowest BCUT2D eigenvalue weighted by Gasteiger charge is -2.35. The molecule has 0 N–H and O–H groups in total. The number of carbonyl (C=O) groups excluding carboxylic acids is 1. The van der Waals surface area contributed by atoms with Crippen molar-refractivity contribution in [2.45, 2.75) is 0 Å². The van der Waals surface area contributed by atoms with Gasteiger partial charge in [0, 0.05) is 31.2 Å². The molecule has 1 amide bonds. The average Bonchev–Trinajstić information content (AvgIpc) is 3.15. The van der Waals surface area contributed by atoms with E-state index in [1.165, 1.54) is 0 Å². The number of amides is 1. The molecule has 6 nitrogen and oxygen atoms in total. The number of piperazine rings is 1. The number of benzene rings is 2. The molecule has 0 radical (unpaired) electrons. The molecule has 1 fully saturated rings. The molecule has 1 aliphatic heterocycles. The van der Waals surface area contributed by atoms with Gasteiger partial charge in [-0.05, 0) is 30.3 Å². The normalized spacial score (nSPS) is 14.4. The van der Waals surface area contributed by atoms with E-state index in [2.05, 4.69) is 4.90 Å². The zero-order valence-corrected chi connectivity index (χ0v) is 17.2. The summed E-state index contributed by atoms with van der Waals surface area (Å²) in [4.78, 5) is 21.8. The van der Waals surface area contributed by atoms with Gasteiger partial charge in [-0.15, -0.1) is 0 Å². The van der Waals surface area contributed by atoms with Crippen molar-refractivity contribution in [3.05, 3.63) is 47.0 Å². The SMILES string of the molecule is COc1cccc(OC)c1C(=O)N1CCN(c2nc3ccc(Cl)cc3s2)CC1. The summed E-state index contributed by atoms with van der Waals surface area (Å²) in [7, 11) is 3.12. The van der Waals surface area contributed by atoms with Crippen molar-refractivity contribution < 1.29 is 14.3 Å². The Balaban J connectivity index is 1.50. The highest BCUT2D eigenvalue weighted by atomic mass is 35.5. The molecule has 8 heteroatoms. The van der Waals surface area contributed by atoms with Crippen LogP contribution >= 0.6 is 22.9 Å². The summed E-state index contributed by atoms with van der Waals surface area (Å²) >= 11 is 7.70. The van der Waals surface area contributed by atoms with Gasteiger partial charge in [-0.3, -0.25) is 4.79 Å². The summed E-state index contributed by atoms with van der Waals surface area (Å²) in [6.07, 6.45) is 0. The second-order valence-corrected chi connectivity index (χ2v) is 7.87. The molecule has 0 bridgehead atoms. The average molecular weight is 418 g/mol. The topological polar surface area (TPSA) is 54.9 Å². The molecule has 28 heavy (non-hydrogen) atoms. The lowest BCUT2D eigenvalue weighted by atomic mass is 10.1. The number of anilines is 1. The summed E-state index contributed by atoms with van der Waals surface area (Å²) in [6.45, 7) is 2.65. The van der Waals surface area contributed by atoms with Gasteiger partial charge in [0.2, 0.25) is 0 Å². The first-order chi connectivity index (χ1) is 13.6. The molecule has 2 aromatic carbocycles. The van der Waals surface area contributed by atoms with Crippen molar-refractivity contribution in [3.63, 3.8) is 0 Å². The quantitative estimate of drug-likeness (QED) is 0.643. The maximum absolute atomic E-state index is 13.1. The Hall–Kier alpha value is -2.51. The summed E-state index contributed by atoms with van der Waals surface area (Å²) < 4.78 is 11.8. The minimum atomic E-state index is -0.0787. The van der Waals surface area contributed by atoms with Gasteiger partial charge in [0.05, 0.1) is 24.4 Å². The van der Waals surface area contributed by atoms with Crippen molar-refractivity contribution in [1.82, 2.24) is 9.88 Å². The molecule has 1 aliphatic rings. The largest absolute Gasteiger partial charge is 0.496 e. The van der Waals surface area contributed by atoms with Crippen molar-refractivity contribution in [2.75, 3.05) is 45.3 Å². The van der Waals surface area contributed by atoms with Crippen LogP contribution in [0.2, 0.25) is 5.02 Å². The Bertz CT molecular complexity index is 993. The number of ether oxygens (including phenoxy) is 2. The lowest BCUT2D eigenvalue weighted by molar-refractivity contribution is 0.0740. The van der Waals surface area contributed by atoms with Crippen molar-refractivity contribution in [2.24, 2.45) is 0 Å². The number of aromatic nitrogens is 1. The van der Waals surface area contributed by atoms with Crippen LogP contribution in [0.3, 0.4) is 0 Å². The molecule has 0 aliphatic carbocycles. The Morgan fingerprint density at radius 1 is 1.07 bits per heavy atom. The van der Waals surface area contributed by atoms with Crippen LogP contribution in [0.4, 0.5) is 5.13 Å². The molecular weight excluding hydrogens is 398 g/mol. The highest BCUT2D eigenvalue weighted by Crippen LogP contribution is 2.33. The molecule has 1 saturated heterocycles. The second kappa shape index (κ2) is 7.85. The monoisotopic (exact) mass is 417 g/mol. The number of fused-ring (bicyclic) bond motifs is 1. The molecule has 0 unspecified atom stereocenters. The first-order valence-electron chi connectivity index (χ1n) is 8.92. The highest BCUT2D eigenvalue weighted by Gasteiger charge is 2.28. The van der Waals surface area contributed by atoms with Crippen LogP contribution in [0.1, 0.15) is 10.4 Å². The standard InChI is InChI=1S/C20H20ClN3O3S/c1-26-15-4-3-5-16(27-2)18(15)19(25)23-8-10-24(11-9-23)20-22-14-7-6-13(21)12-17(14)28-20/h3-7,12H,8-11H2,1-2H3. The fourth-order valence-electron chi connectivity index (χ4n) is 3.34. The van der Waals surface area contributed by atoms with Crippen LogP contribution in [0, 0.1) is 0 Å². The van der Waals surface area contributed by atoms with E-state index in [9.17, 15) is 4.79 Å². The predicted octanol–water partition coefficient (Wildman–Crippen LogP) is 3.93. The van der Waals surface area contributed by atoms with Gasteiger partial charge in [0.15, 0.2) is 5.13 Å². The fraction of sp³-hybridized carbons (Fsp3) is 0.300. The smallest absolute Gasteiger partial charge is 0.261 e. The highest BCUT2D eigenvalue weighted by molar-refractivity contribution is 7.22. The molecule has 1 aromatic heterocycles. The van der Waals surface area contributed by atoms with Crippen molar-refractivity contribution >= 4 is 44.2 Å². The van der Waals surface area contributed by atoms with Gasteiger partial charge >= 0.3 is 0 Å². The Morgan fingerprint density at radius 3 is 2.39 bits per heavy atom. The molecule has 0 spiro atoms. The van der Waals surface area contributed by atoms with E-state index in [-0.39, 0.29) is 5.91 Å². The molecule has 0 saturated carbocycles. The van der Waals surface area contributed by atoms with E-state index < -0.39 is 0 Å². The number of methoxy groups -OCH3 is 2. The second-order valence-electron chi connectivity index (χ2n) is 6.43. The zero-order chi connectivity index (χ0) is 19.7. The van der Waals surface area contributed by atoms with Crippen LogP contribution in [0.25, 0.3) is 10.2 Å². The first kappa shape index (κ1) is 18.8. The van der Waals surface area contributed by atoms with Crippen LogP contribution in [0.15, 0.2) is 36.4 Å². The van der Waals surface area contributed by atoms with E-state index in [0.29, 0.717) is 35.2 Å². The maximum Gasteiger partial charge on any atom is 0.261 e. The first-order valence-corrected chi connectivity index (χ1v) is 10.1.